The zero-order valence-electron chi connectivity index (χ0n) is 16.0. The van der Waals surface area contributed by atoms with E-state index in [2.05, 4.69) is 0 Å². The van der Waals surface area contributed by atoms with E-state index >= 15 is 0 Å². The Morgan fingerprint density at radius 2 is 1.07 bits per heavy atom. The molecule has 4 aromatic carbocycles. The van der Waals surface area contributed by atoms with Gasteiger partial charge in [0, 0.05) is 17.2 Å². The number of benzene rings is 4. The minimum absolute atomic E-state index is 0.241. The number of halogens is 1. The van der Waals surface area contributed by atoms with Crippen molar-refractivity contribution in [1.29, 1.82) is 0 Å². The highest BCUT2D eigenvalue weighted by atomic mass is 19.1. The second-order valence-corrected chi connectivity index (χ2v) is 7.04. The normalized spacial score (nSPS) is 11.0. The van der Waals surface area contributed by atoms with E-state index in [9.17, 15) is 9.50 Å². The van der Waals surface area contributed by atoms with E-state index in [1.165, 1.54) is 12.1 Å². The Bertz CT molecular complexity index is 1330. The highest BCUT2D eigenvalue weighted by Crippen LogP contribution is 2.32. The lowest BCUT2D eigenvalue weighted by atomic mass is 10.00. The summed E-state index contributed by atoms with van der Waals surface area (Å²) in [5, 5.41) is 9.50. The van der Waals surface area contributed by atoms with Crippen molar-refractivity contribution in [2.45, 2.75) is 0 Å². The van der Waals surface area contributed by atoms with Gasteiger partial charge in [0.25, 0.3) is 0 Å². The molecule has 0 amide bonds. The molecule has 0 fully saturated rings. The van der Waals surface area contributed by atoms with Gasteiger partial charge in [0.1, 0.15) is 11.6 Å². The maximum atomic E-state index is 13.7. The Hall–Kier alpha value is -4.05. The lowest BCUT2D eigenvalue weighted by Gasteiger charge is -2.11. The highest BCUT2D eigenvalue weighted by molar-refractivity contribution is 5.86. The topological polar surface area (TPSA) is 46.0 Å². The molecule has 144 valence electrons. The van der Waals surface area contributed by atoms with E-state index < -0.39 is 0 Å². The molecule has 0 aliphatic carbocycles. The quantitative estimate of drug-likeness (QED) is 0.382. The zero-order chi connectivity index (χ0) is 20.5. The van der Waals surface area contributed by atoms with Gasteiger partial charge >= 0.3 is 0 Å². The van der Waals surface area contributed by atoms with Crippen LogP contribution in [-0.2, 0) is 0 Å². The summed E-state index contributed by atoms with van der Waals surface area (Å²) in [6, 6.07) is 29.4. The second-order valence-electron chi connectivity index (χ2n) is 7.04. The molecule has 0 spiro atoms. The number of rotatable bonds is 3. The zero-order valence-corrected chi connectivity index (χ0v) is 16.0. The van der Waals surface area contributed by atoms with E-state index in [0.717, 1.165) is 27.9 Å². The summed E-state index contributed by atoms with van der Waals surface area (Å²) in [5.74, 6) is -0.0902. The number of hydrogen-bond acceptors (Lipinski definition) is 3. The van der Waals surface area contributed by atoms with E-state index in [0.29, 0.717) is 16.7 Å². The lowest BCUT2D eigenvalue weighted by molar-refractivity contribution is 0.475. The number of hydrogen-bond donors (Lipinski definition) is 1. The summed E-state index contributed by atoms with van der Waals surface area (Å²) in [5.41, 5.74) is 6.54. The predicted octanol–water partition coefficient (Wildman–Crippen LogP) is 6.48. The molecule has 0 saturated carbocycles. The molecule has 5 aromatic rings. The van der Waals surface area contributed by atoms with Crippen molar-refractivity contribution in [2.75, 3.05) is 0 Å². The van der Waals surface area contributed by atoms with Crippen molar-refractivity contribution in [1.82, 2.24) is 9.97 Å². The minimum Gasteiger partial charge on any atom is -0.508 e. The molecule has 0 aliphatic heterocycles. The van der Waals surface area contributed by atoms with Crippen LogP contribution in [0.4, 0.5) is 4.39 Å². The van der Waals surface area contributed by atoms with Crippen molar-refractivity contribution in [3.63, 3.8) is 0 Å². The molecule has 3 nitrogen and oxygen atoms in total. The third-order valence-electron chi connectivity index (χ3n) is 5.03. The molecule has 0 saturated heterocycles. The summed E-state index contributed by atoms with van der Waals surface area (Å²) >= 11 is 0. The Morgan fingerprint density at radius 1 is 0.533 bits per heavy atom. The van der Waals surface area contributed by atoms with Gasteiger partial charge in [0.2, 0.25) is 0 Å². The number of aromatic nitrogens is 2. The fraction of sp³-hybridized carbons (Fsp3) is 0. The van der Waals surface area contributed by atoms with Crippen molar-refractivity contribution in [3.05, 3.63) is 103 Å². The van der Waals surface area contributed by atoms with Gasteiger partial charge in [-0.2, -0.15) is 0 Å². The molecule has 0 aliphatic rings. The van der Waals surface area contributed by atoms with Crippen LogP contribution in [-0.4, -0.2) is 15.1 Å². The largest absolute Gasteiger partial charge is 0.508 e. The van der Waals surface area contributed by atoms with Crippen LogP contribution >= 0.6 is 0 Å². The fourth-order valence-electron chi connectivity index (χ4n) is 3.50. The lowest BCUT2D eigenvalue weighted by Crippen LogP contribution is -1.96. The molecule has 1 heterocycles. The van der Waals surface area contributed by atoms with Gasteiger partial charge in [-0.3, -0.25) is 0 Å². The molecular weight excluding hydrogens is 375 g/mol. The number of phenolic OH excluding ortho intramolecular Hbond substituents is 1. The fourth-order valence-corrected chi connectivity index (χ4v) is 3.50. The summed E-state index contributed by atoms with van der Waals surface area (Å²) in [6.07, 6.45) is 0. The SMILES string of the molecule is Oc1ccc(-c2ccc(-c3nc4ccc(F)cc4nc3-c3ccccc3)cc2)cc1. The van der Waals surface area contributed by atoms with Gasteiger partial charge < -0.3 is 5.11 Å². The van der Waals surface area contributed by atoms with Crippen LogP contribution in [0.5, 0.6) is 5.75 Å². The smallest absolute Gasteiger partial charge is 0.125 e. The van der Waals surface area contributed by atoms with Crippen molar-refractivity contribution in [3.8, 4) is 39.4 Å². The van der Waals surface area contributed by atoms with Crippen LogP contribution in [0.25, 0.3) is 44.7 Å². The van der Waals surface area contributed by atoms with E-state index in [1.807, 2.05) is 66.7 Å². The number of phenols is 1. The van der Waals surface area contributed by atoms with Gasteiger partial charge in [-0.1, -0.05) is 66.7 Å². The van der Waals surface area contributed by atoms with Gasteiger partial charge in [-0.25, -0.2) is 14.4 Å². The van der Waals surface area contributed by atoms with E-state index in [1.54, 1.807) is 18.2 Å². The first-order valence-corrected chi connectivity index (χ1v) is 9.60. The Balaban J connectivity index is 1.65. The van der Waals surface area contributed by atoms with Crippen LogP contribution in [0, 0.1) is 5.82 Å². The van der Waals surface area contributed by atoms with Crippen LogP contribution in [0.15, 0.2) is 97.1 Å². The molecule has 4 heteroatoms. The molecule has 0 unspecified atom stereocenters. The molecule has 0 radical (unpaired) electrons. The molecule has 0 bridgehead atoms. The average Bonchev–Trinajstić information content (AvgIpc) is 2.79. The summed E-state index contributed by atoms with van der Waals surface area (Å²) < 4.78 is 13.7. The van der Waals surface area contributed by atoms with Crippen LogP contribution in [0.3, 0.4) is 0 Å². The first-order chi connectivity index (χ1) is 14.7. The van der Waals surface area contributed by atoms with E-state index in [4.69, 9.17) is 9.97 Å². The van der Waals surface area contributed by atoms with E-state index in [-0.39, 0.29) is 11.6 Å². The predicted molar refractivity (Wildman–Crippen MR) is 117 cm³/mol. The maximum absolute atomic E-state index is 13.7. The molecule has 1 aromatic heterocycles. The first kappa shape index (κ1) is 18.0. The van der Waals surface area contributed by atoms with Crippen LogP contribution in [0.2, 0.25) is 0 Å². The molecule has 30 heavy (non-hydrogen) atoms. The van der Waals surface area contributed by atoms with Crippen LogP contribution in [0.1, 0.15) is 0 Å². The highest BCUT2D eigenvalue weighted by Gasteiger charge is 2.14. The van der Waals surface area contributed by atoms with Crippen LogP contribution < -0.4 is 0 Å². The average molecular weight is 392 g/mol. The summed E-state index contributed by atoms with van der Waals surface area (Å²) in [4.78, 5) is 9.56. The first-order valence-electron chi connectivity index (χ1n) is 9.60. The number of aromatic hydroxyl groups is 1. The number of fused-ring (bicyclic) bond motifs is 1. The Kier molecular flexibility index (Phi) is 4.45. The molecule has 0 atom stereocenters. The molecule has 1 N–H and O–H groups in total. The van der Waals surface area contributed by atoms with Crippen molar-refractivity contribution in [2.24, 2.45) is 0 Å². The monoisotopic (exact) mass is 392 g/mol. The minimum atomic E-state index is -0.332. The standard InChI is InChI=1S/C26H17FN2O/c27-21-12-15-23-24(16-21)29-25(19-4-2-1-3-5-19)26(28-23)20-8-6-17(7-9-20)18-10-13-22(30)14-11-18/h1-16,30H. The molecular formula is C26H17FN2O. The van der Waals surface area contributed by atoms with Crippen molar-refractivity contribution >= 4 is 11.0 Å². The van der Waals surface area contributed by atoms with Crippen molar-refractivity contribution < 1.29 is 9.50 Å². The summed E-state index contributed by atoms with van der Waals surface area (Å²) in [7, 11) is 0. The third-order valence-corrected chi connectivity index (χ3v) is 5.03. The van der Waals surface area contributed by atoms with Gasteiger partial charge in [-0.05, 0) is 35.4 Å². The van der Waals surface area contributed by atoms with Gasteiger partial charge in [0.05, 0.1) is 22.4 Å². The van der Waals surface area contributed by atoms with Gasteiger partial charge in [-0.15, -0.1) is 0 Å². The Morgan fingerprint density at radius 3 is 1.73 bits per heavy atom. The maximum Gasteiger partial charge on any atom is 0.125 e. The third kappa shape index (κ3) is 3.40. The molecule has 5 rings (SSSR count). The number of nitrogens with zero attached hydrogens (tertiary/aromatic N) is 2. The second kappa shape index (κ2) is 7.41. The van der Waals surface area contributed by atoms with Gasteiger partial charge in [0.15, 0.2) is 0 Å². The Labute approximate surface area is 173 Å². The summed E-state index contributed by atoms with van der Waals surface area (Å²) in [6.45, 7) is 0.